The average molecular weight is 119 g/mol. The van der Waals surface area contributed by atoms with Gasteiger partial charge in [0.25, 0.3) is 0 Å². The Hall–Kier alpha value is -0.850. The Balaban J connectivity index is 2.27. The lowest BCUT2D eigenvalue weighted by atomic mass is 9.98. The van der Waals surface area contributed by atoms with Crippen molar-refractivity contribution < 1.29 is 0 Å². The predicted molar refractivity (Wildman–Crippen MR) is 38.4 cm³/mol. The zero-order chi connectivity index (χ0) is 6.10. The monoisotopic (exact) mass is 119 g/mol. The van der Waals surface area contributed by atoms with Crippen LogP contribution in [0, 0.1) is 0 Å². The second-order valence-corrected chi connectivity index (χ2v) is 2.47. The Morgan fingerprint density at radius 3 is 3.33 bits per heavy atom. The van der Waals surface area contributed by atoms with Gasteiger partial charge in [-0.2, -0.15) is 0 Å². The highest BCUT2D eigenvalue weighted by atomic mass is 14.8. The van der Waals surface area contributed by atoms with Gasteiger partial charge in [-0.3, -0.25) is 0 Å². The highest BCUT2D eigenvalue weighted by molar-refractivity contribution is 5.75. The van der Waals surface area contributed by atoms with Crippen molar-refractivity contribution in [3.8, 4) is 0 Å². The molecule has 2 aliphatic rings. The fourth-order valence-corrected chi connectivity index (χ4v) is 1.31. The quantitative estimate of drug-likeness (QED) is 0.423. The molecule has 1 nitrogen and oxygen atoms in total. The highest BCUT2D eigenvalue weighted by Gasteiger charge is 2.26. The number of allylic oxidation sites excluding steroid dienone is 2. The molecule has 0 saturated heterocycles. The third-order valence-electron chi connectivity index (χ3n) is 1.86. The molecule has 1 heteroatoms. The third-order valence-corrected chi connectivity index (χ3v) is 1.86. The molecule has 0 bridgehead atoms. The lowest BCUT2D eigenvalue weighted by molar-refractivity contribution is 0.710. The summed E-state index contributed by atoms with van der Waals surface area (Å²) >= 11 is 0. The molecular formula is C8H9N+. The van der Waals surface area contributed by atoms with Crippen LogP contribution in [0.2, 0.25) is 0 Å². The fraction of sp³-hybridized carbons (Fsp3) is 0.375. The first kappa shape index (κ1) is 4.98. The van der Waals surface area contributed by atoms with Crippen LogP contribution in [0.25, 0.3) is 0 Å². The average Bonchev–Trinajstić information content (AvgIpc) is 2.33. The van der Waals surface area contributed by atoms with Gasteiger partial charge >= 0.3 is 0 Å². The first-order chi connectivity index (χ1) is 4.47. The minimum atomic E-state index is 0.509. The van der Waals surface area contributed by atoms with Crippen molar-refractivity contribution in [2.45, 2.75) is 18.9 Å². The van der Waals surface area contributed by atoms with Gasteiger partial charge in [0.05, 0.1) is 0 Å². The summed E-state index contributed by atoms with van der Waals surface area (Å²) in [6.07, 6.45) is 10.7. The van der Waals surface area contributed by atoms with Crippen LogP contribution in [-0.4, -0.2) is 12.3 Å². The summed E-state index contributed by atoms with van der Waals surface area (Å²) in [6.45, 7) is 0. The largest absolute Gasteiger partial charge is 0.245 e. The van der Waals surface area contributed by atoms with Crippen LogP contribution in [0.5, 0.6) is 0 Å². The topological polar surface area (TPSA) is 14.1 Å². The Kier molecular flexibility index (Phi) is 1.01. The summed E-state index contributed by atoms with van der Waals surface area (Å²) in [5.41, 5.74) is 1.48. The molecule has 0 spiro atoms. The molecule has 9 heavy (non-hydrogen) atoms. The SMILES string of the molecule is C1=CCC2[N+]=CC=C2C1. The van der Waals surface area contributed by atoms with Crippen LogP contribution in [0.1, 0.15) is 12.8 Å². The van der Waals surface area contributed by atoms with E-state index in [1.165, 1.54) is 5.57 Å². The molecule has 1 heterocycles. The van der Waals surface area contributed by atoms with E-state index in [2.05, 4.69) is 23.2 Å². The molecule has 0 aromatic carbocycles. The normalized spacial score (nSPS) is 30.2. The highest BCUT2D eigenvalue weighted by Crippen LogP contribution is 2.19. The van der Waals surface area contributed by atoms with E-state index in [4.69, 9.17) is 0 Å². The fourth-order valence-electron chi connectivity index (χ4n) is 1.31. The van der Waals surface area contributed by atoms with Crippen molar-refractivity contribution >= 4 is 6.21 Å². The summed E-state index contributed by atoms with van der Waals surface area (Å²) < 4.78 is 0. The van der Waals surface area contributed by atoms with Crippen LogP contribution in [0.3, 0.4) is 0 Å². The predicted octanol–water partition coefficient (Wildman–Crippen LogP) is 1.05. The van der Waals surface area contributed by atoms with E-state index in [-0.39, 0.29) is 0 Å². The molecule has 0 aromatic rings. The minimum Gasteiger partial charge on any atom is -0.0839 e. The van der Waals surface area contributed by atoms with Gasteiger partial charge in [0.15, 0.2) is 0 Å². The lowest BCUT2D eigenvalue weighted by Gasteiger charge is -2.03. The molecule has 1 atom stereocenters. The Morgan fingerprint density at radius 2 is 2.44 bits per heavy atom. The van der Waals surface area contributed by atoms with Gasteiger partial charge in [-0.15, -0.1) is 0 Å². The maximum Gasteiger partial charge on any atom is 0.245 e. The first-order valence-electron chi connectivity index (χ1n) is 3.34. The second kappa shape index (κ2) is 1.83. The molecule has 0 saturated carbocycles. The van der Waals surface area contributed by atoms with E-state index in [0.29, 0.717) is 6.04 Å². The number of hydrogen-bond acceptors (Lipinski definition) is 1. The molecule has 0 aromatic heterocycles. The van der Waals surface area contributed by atoms with E-state index >= 15 is 0 Å². The third kappa shape index (κ3) is 0.727. The van der Waals surface area contributed by atoms with Gasteiger partial charge in [-0.05, 0) is 6.42 Å². The van der Waals surface area contributed by atoms with Gasteiger partial charge in [0.1, 0.15) is 0 Å². The van der Waals surface area contributed by atoms with Crippen LogP contribution in [0.15, 0.2) is 23.8 Å². The lowest BCUT2D eigenvalue weighted by Crippen LogP contribution is -2.14. The minimum absolute atomic E-state index is 0.509. The van der Waals surface area contributed by atoms with Gasteiger partial charge in [-0.1, -0.05) is 12.2 Å². The van der Waals surface area contributed by atoms with E-state index in [0.717, 1.165) is 12.8 Å². The van der Waals surface area contributed by atoms with Gasteiger partial charge in [0.2, 0.25) is 12.3 Å². The zero-order valence-electron chi connectivity index (χ0n) is 5.25. The van der Waals surface area contributed by atoms with Crippen molar-refractivity contribution in [1.29, 1.82) is 0 Å². The van der Waals surface area contributed by atoms with Crippen molar-refractivity contribution in [2.24, 2.45) is 0 Å². The molecule has 1 aliphatic heterocycles. The Morgan fingerprint density at radius 1 is 1.44 bits per heavy atom. The summed E-state index contributed by atoms with van der Waals surface area (Å²) in [5.74, 6) is 0. The van der Waals surface area contributed by atoms with E-state index < -0.39 is 0 Å². The summed E-state index contributed by atoms with van der Waals surface area (Å²) in [7, 11) is 0. The molecule has 1 aliphatic carbocycles. The maximum atomic E-state index is 4.29. The molecule has 0 N–H and O–H groups in total. The summed E-state index contributed by atoms with van der Waals surface area (Å²) in [4.78, 5) is 4.29. The summed E-state index contributed by atoms with van der Waals surface area (Å²) in [6, 6.07) is 0.509. The zero-order valence-corrected chi connectivity index (χ0v) is 5.25. The van der Waals surface area contributed by atoms with Gasteiger partial charge in [0, 0.05) is 23.1 Å². The van der Waals surface area contributed by atoms with Crippen molar-refractivity contribution in [1.82, 2.24) is 4.99 Å². The maximum absolute atomic E-state index is 4.29. The van der Waals surface area contributed by atoms with E-state index in [1.54, 1.807) is 0 Å². The number of fused-ring (bicyclic) bond motifs is 1. The van der Waals surface area contributed by atoms with Crippen molar-refractivity contribution in [3.05, 3.63) is 23.8 Å². The van der Waals surface area contributed by atoms with Gasteiger partial charge in [-0.25, -0.2) is 0 Å². The number of nitrogens with zero attached hydrogens (tertiary/aromatic N) is 1. The molecule has 45 valence electrons. The van der Waals surface area contributed by atoms with E-state index in [9.17, 15) is 0 Å². The molecule has 1 unspecified atom stereocenters. The smallest absolute Gasteiger partial charge is 0.0839 e. The number of hydrogen-bond donors (Lipinski definition) is 0. The molecular weight excluding hydrogens is 110 g/mol. The van der Waals surface area contributed by atoms with E-state index in [1.807, 2.05) is 6.21 Å². The number of rotatable bonds is 0. The molecule has 2 rings (SSSR count). The van der Waals surface area contributed by atoms with Crippen LogP contribution in [0.4, 0.5) is 0 Å². The van der Waals surface area contributed by atoms with Crippen LogP contribution < -0.4 is 4.99 Å². The van der Waals surface area contributed by atoms with Crippen LogP contribution in [-0.2, 0) is 0 Å². The summed E-state index contributed by atoms with van der Waals surface area (Å²) in [5, 5.41) is 0. The van der Waals surface area contributed by atoms with Crippen LogP contribution >= 0.6 is 0 Å². The number of aliphatic imine (C=N–C) groups is 1. The Bertz CT molecular complexity index is 199. The molecule has 0 amide bonds. The standard InChI is InChI=1S/C8H9N/c1-2-4-8-7(3-1)5-6-9-8/h1-2,5-6,8H,3-4H2/q+1. The second-order valence-electron chi connectivity index (χ2n) is 2.47. The van der Waals surface area contributed by atoms with Crippen molar-refractivity contribution in [3.63, 3.8) is 0 Å². The van der Waals surface area contributed by atoms with Gasteiger partial charge < -0.3 is 0 Å². The first-order valence-corrected chi connectivity index (χ1v) is 3.34. The van der Waals surface area contributed by atoms with Crippen molar-refractivity contribution in [2.75, 3.05) is 0 Å². The molecule has 0 fully saturated rings. The molecule has 1 radical (unpaired) electrons. The Labute approximate surface area is 54.8 Å².